The van der Waals surface area contributed by atoms with Crippen LogP contribution in [0.15, 0.2) is 53.9 Å². The molecular weight excluding hydrogens is 466 g/mol. The molecule has 0 spiro atoms. The Kier molecular flexibility index (Phi) is 8.65. The third-order valence-electron chi connectivity index (χ3n) is 4.84. The van der Waals surface area contributed by atoms with Gasteiger partial charge in [-0.1, -0.05) is 30.7 Å². The lowest BCUT2D eigenvalue weighted by Crippen LogP contribution is -2.32. The number of ether oxygens (including phenoxy) is 2. The van der Waals surface area contributed by atoms with Crippen LogP contribution in [0.1, 0.15) is 17.4 Å². The van der Waals surface area contributed by atoms with E-state index in [9.17, 15) is 14.9 Å². The highest BCUT2D eigenvalue weighted by Gasteiger charge is 2.15. The summed E-state index contributed by atoms with van der Waals surface area (Å²) in [5.74, 6) is 1.01. The number of nitro groups is 1. The molecule has 174 valence electrons. The van der Waals surface area contributed by atoms with Gasteiger partial charge in [0.2, 0.25) is 5.91 Å². The van der Waals surface area contributed by atoms with Gasteiger partial charge < -0.3 is 14.8 Å². The number of carbonyl (C=O) groups excluding carboxylic acids is 1. The minimum atomic E-state index is -0.539. The molecule has 1 N–H and O–H groups in total. The number of likely N-dealkylation sites (N-methyl/N-ethyl adjacent to an activating group) is 1. The smallest absolute Gasteiger partial charge is 0.271 e. The predicted molar refractivity (Wildman–Crippen MR) is 129 cm³/mol. The molecule has 1 amide bonds. The molecule has 10 heteroatoms. The van der Waals surface area contributed by atoms with Crippen LogP contribution >= 0.6 is 22.9 Å². The summed E-state index contributed by atoms with van der Waals surface area (Å²) < 4.78 is 11.4. The Morgan fingerprint density at radius 2 is 2.03 bits per heavy atom. The first-order valence-electron chi connectivity index (χ1n) is 10.2. The summed E-state index contributed by atoms with van der Waals surface area (Å²) in [7, 11) is 1.59. The third kappa shape index (κ3) is 6.92. The molecule has 0 saturated carbocycles. The van der Waals surface area contributed by atoms with Gasteiger partial charge in [0, 0.05) is 23.6 Å². The molecule has 33 heavy (non-hydrogen) atoms. The molecular formula is C23H24ClN3O5S. The van der Waals surface area contributed by atoms with E-state index < -0.39 is 4.92 Å². The monoisotopic (exact) mass is 489 g/mol. The number of benzene rings is 2. The number of nitrogens with one attached hydrogen (secondary N) is 1. The van der Waals surface area contributed by atoms with E-state index in [0.717, 1.165) is 10.4 Å². The standard InChI is InChI=1S/C23H24ClN3O5S/c1-3-26(14-23(28)25-20-8-7-17(27(29)30)12-19(20)24)13-16-6-9-21(22(11-16)31-2)32-15-18-5-4-10-33-18/h4-12H,3,13-15H2,1-2H3,(H,25,28). The largest absolute Gasteiger partial charge is 0.493 e. The second kappa shape index (κ2) is 11.6. The Bertz CT molecular complexity index is 1110. The third-order valence-corrected chi connectivity index (χ3v) is 6.00. The van der Waals surface area contributed by atoms with Crippen molar-refractivity contribution in [1.82, 2.24) is 4.90 Å². The van der Waals surface area contributed by atoms with Gasteiger partial charge in [-0.15, -0.1) is 11.3 Å². The van der Waals surface area contributed by atoms with Gasteiger partial charge in [0.05, 0.1) is 29.3 Å². The van der Waals surface area contributed by atoms with Gasteiger partial charge in [0.25, 0.3) is 5.69 Å². The molecule has 0 aliphatic rings. The minimum absolute atomic E-state index is 0.114. The zero-order chi connectivity index (χ0) is 23.8. The predicted octanol–water partition coefficient (Wildman–Crippen LogP) is 5.36. The first-order chi connectivity index (χ1) is 15.9. The lowest BCUT2D eigenvalue weighted by atomic mass is 10.2. The minimum Gasteiger partial charge on any atom is -0.493 e. The summed E-state index contributed by atoms with van der Waals surface area (Å²) in [4.78, 5) is 25.9. The fraction of sp³-hybridized carbons (Fsp3) is 0.261. The summed E-state index contributed by atoms with van der Waals surface area (Å²) >= 11 is 7.70. The van der Waals surface area contributed by atoms with Crippen molar-refractivity contribution >= 4 is 40.2 Å². The van der Waals surface area contributed by atoms with Gasteiger partial charge in [-0.05, 0) is 41.8 Å². The van der Waals surface area contributed by atoms with Gasteiger partial charge >= 0.3 is 0 Å². The van der Waals surface area contributed by atoms with Crippen LogP contribution in [0.3, 0.4) is 0 Å². The number of rotatable bonds is 11. The van der Waals surface area contributed by atoms with E-state index in [0.29, 0.717) is 36.9 Å². The summed E-state index contributed by atoms with van der Waals surface area (Å²) in [6, 6.07) is 13.6. The lowest BCUT2D eigenvalue weighted by Gasteiger charge is -2.21. The molecule has 1 aromatic heterocycles. The molecule has 0 aliphatic heterocycles. The number of nitrogens with zero attached hydrogens (tertiary/aromatic N) is 2. The van der Waals surface area contributed by atoms with E-state index in [1.807, 2.05) is 47.5 Å². The Labute approximate surface area is 200 Å². The number of hydrogen-bond donors (Lipinski definition) is 1. The van der Waals surface area contributed by atoms with Crippen molar-refractivity contribution in [2.45, 2.75) is 20.1 Å². The molecule has 2 aromatic carbocycles. The van der Waals surface area contributed by atoms with Crippen molar-refractivity contribution in [2.75, 3.05) is 25.5 Å². The van der Waals surface area contributed by atoms with E-state index in [-0.39, 0.29) is 23.2 Å². The molecule has 0 radical (unpaired) electrons. The summed E-state index contributed by atoms with van der Waals surface area (Å²) in [5.41, 5.74) is 1.17. The van der Waals surface area contributed by atoms with Crippen molar-refractivity contribution in [2.24, 2.45) is 0 Å². The fourth-order valence-corrected chi connectivity index (χ4v) is 3.96. The molecule has 8 nitrogen and oxygen atoms in total. The van der Waals surface area contributed by atoms with Crippen molar-refractivity contribution in [1.29, 1.82) is 0 Å². The van der Waals surface area contributed by atoms with Crippen molar-refractivity contribution in [3.8, 4) is 11.5 Å². The van der Waals surface area contributed by atoms with E-state index in [1.165, 1.54) is 18.2 Å². The molecule has 0 fully saturated rings. The maximum Gasteiger partial charge on any atom is 0.271 e. The number of nitro benzene ring substituents is 1. The maximum absolute atomic E-state index is 12.5. The average Bonchev–Trinajstić information content (AvgIpc) is 3.32. The number of amides is 1. The Morgan fingerprint density at radius 1 is 1.21 bits per heavy atom. The van der Waals surface area contributed by atoms with Gasteiger partial charge in [0.15, 0.2) is 11.5 Å². The van der Waals surface area contributed by atoms with Gasteiger partial charge in [0.1, 0.15) is 6.61 Å². The molecule has 3 aromatic rings. The quantitative estimate of drug-likeness (QED) is 0.288. The zero-order valence-corrected chi connectivity index (χ0v) is 19.8. The molecule has 0 atom stereocenters. The van der Waals surface area contributed by atoms with Gasteiger partial charge in [-0.2, -0.15) is 0 Å². The molecule has 1 heterocycles. The van der Waals surface area contributed by atoms with E-state index in [4.69, 9.17) is 21.1 Å². The number of hydrogen-bond acceptors (Lipinski definition) is 7. The highest BCUT2D eigenvalue weighted by molar-refractivity contribution is 7.09. The number of methoxy groups -OCH3 is 1. The van der Waals surface area contributed by atoms with Crippen LogP contribution < -0.4 is 14.8 Å². The first-order valence-corrected chi connectivity index (χ1v) is 11.4. The van der Waals surface area contributed by atoms with Crippen LogP contribution in [0.4, 0.5) is 11.4 Å². The summed E-state index contributed by atoms with van der Waals surface area (Å²) in [5, 5.41) is 15.7. The number of carbonyl (C=O) groups is 1. The van der Waals surface area contributed by atoms with Crippen molar-refractivity contribution in [3.63, 3.8) is 0 Å². The SMILES string of the molecule is CCN(CC(=O)Nc1ccc([N+](=O)[O-])cc1Cl)Cc1ccc(OCc2cccs2)c(OC)c1. The molecule has 3 rings (SSSR count). The second-order valence-electron chi connectivity index (χ2n) is 7.13. The Balaban J connectivity index is 1.60. The molecule has 0 aliphatic carbocycles. The van der Waals surface area contributed by atoms with Gasteiger partial charge in [-0.25, -0.2) is 0 Å². The van der Waals surface area contributed by atoms with Crippen LogP contribution in [0.5, 0.6) is 11.5 Å². The summed E-state index contributed by atoms with van der Waals surface area (Å²) in [6.45, 7) is 3.73. The number of halogens is 1. The fourth-order valence-electron chi connectivity index (χ4n) is 3.12. The Morgan fingerprint density at radius 3 is 2.67 bits per heavy atom. The summed E-state index contributed by atoms with van der Waals surface area (Å²) in [6.07, 6.45) is 0. The van der Waals surface area contributed by atoms with E-state index >= 15 is 0 Å². The van der Waals surface area contributed by atoms with Crippen LogP contribution in [0.25, 0.3) is 0 Å². The average molecular weight is 490 g/mol. The van der Waals surface area contributed by atoms with Crippen LogP contribution in [-0.4, -0.2) is 35.9 Å². The zero-order valence-electron chi connectivity index (χ0n) is 18.2. The van der Waals surface area contributed by atoms with Crippen LogP contribution in [0, 0.1) is 10.1 Å². The highest BCUT2D eigenvalue weighted by Crippen LogP contribution is 2.30. The van der Waals surface area contributed by atoms with Crippen molar-refractivity contribution in [3.05, 3.63) is 79.5 Å². The number of thiophene rings is 1. The van der Waals surface area contributed by atoms with Crippen LogP contribution in [0.2, 0.25) is 5.02 Å². The van der Waals surface area contributed by atoms with Gasteiger partial charge in [-0.3, -0.25) is 19.8 Å². The first kappa shape index (κ1) is 24.5. The lowest BCUT2D eigenvalue weighted by molar-refractivity contribution is -0.384. The normalized spacial score (nSPS) is 10.8. The van der Waals surface area contributed by atoms with E-state index in [2.05, 4.69) is 5.32 Å². The molecule has 0 saturated heterocycles. The Hall–Kier alpha value is -3.14. The number of non-ortho nitro benzene ring substituents is 1. The molecule has 0 bridgehead atoms. The molecule has 0 unspecified atom stereocenters. The number of anilines is 1. The van der Waals surface area contributed by atoms with Crippen molar-refractivity contribution < 1.29 is 19.2 Å². The highest BCUT2D eigenvalue weighted by atomic mass is 35.5. The topological polar surface area (TPSA) is 93.9 Å². The van der Waals surface area contributed by atoms with Crippen LogP contribution in [-0.2, 0) is 17.9 Å². The van der Waals surface area contributed by atoms with E-state index in [1.54, 1.807) is 18.4 Å². The second-order valence-corrected chi connectivity index (χ2v) is 8.57. The maximum atomic E-state index is 12.5.